The Hall–Kier alpha value is -3.02. The van der Waals surface area contributed by atoms with Gasteiger partial charge < -0.3 is 19.9 Å². The van der Waals surface area contributed by atoms with Crippen LogP contribution in [0.15, 0.2) is 48.5 Å². The lowest BCUT2D eigenvalue weighted by molar-refractivity contribution is -0.129. The lowest BCUT2D eigenvalue weighted by atomic mass is 10.1. The van der Waals surface area contributed by atoms with Crippen molar-refractivity contribution in [2.75, 3.05) is 43.5 Å². The van der Waals surface area contributed by atoms with Crippen LogP contribution in [0.1, 0.15) is 12.5 Å². The summed E-state index contributed by atoms with van der Waals surface area (Å²) in [6.07, 6.45) is 0.298. The summed E-state index contributed by atoms with van der Waals surface area (Å²) >= 11 is 0. The van der Waals surface area contributed by atoms with Crippen molar-refractivity contribution in [1.82, 2.24) is 4.90 Å². The summed E-state index contributed by atoms with van der Waals surface area (Å²) in [6.45, 7) is 4.74. The zero-order valence-corrected chi connectivity index (χ0v) is 15.8. The van der Waals surface area contributed by atoms with Crippen LogP contribution in [0.4, 0.5) is 11.4 Å². The summed E-state index contributed by atoms with van der Waals surface area (Å²) in [5, 5.41) is 2.93. The number of carbonyl (C=O) groups is 2. The fourth-order valence-corrected chi connectivity index (χ4v) is 3.21. The number of hydrogen-bond donors (Lipinski definition) is 1. The number of methoxy groups -OCH3 is 1. The number of piperazine rings is 1. The van der Waals surface area contributed by atoms with Crippen LogP contribution in [0.5, 0.6) is 5.75 Å². The molecule has 0 saturated carbocycles. The van der Waals surface area contributed by atoms with Gasteiger partial charge in [0, 0.05) is 44.5 Å². The lowest BCUT2D eigenvalue weighted by Gasteiger charge is -2.35. The molecule has 0 aromatic heterocycles. The Morgan fingerprint density at radius 3 is 2.37 bits per heavy atom. The van der Waals surface area contributed by atoms with Crippen molar-refractivity contribution < 1.29 is 14.3 Å². The summed E-state index contributed by atoms with van der Waals surface area (Å²) in [5.74, 6) is 0.810. The third kappa shape index (κ3) is 5.00. The van der Waals surface area contributed by atoms with Gasteiger partial charge in [0.05, 0.1) is 13.5 Å². The Morgan fingerprint density at radius 2 is 1.74 bits per heavy atom. The van der Waals surface area contributed by atoms with Crippen LogP contribution in [0.25, 0.3) is 0 Å². The predicted octanol–water partition coefficient (Wildman–Crippen LogP) is 2.54. The van der Waals surface area contributed by atoms with E-state index in [2.05, 4.69) is 10.2 Å². The predicted molar refractivity (Wildman–Crippen MR) is 106 cm³/mol. The van der Waals surface area contributed by atoms with Gasteiger partial charge >= 0.3 is 0 Å². The van der Waals surface area contributed by atoms with Gasteiger partial charge in [-0.05, 0) is 42.0 Å². The molecule has 2 aromatic carbocycles. The van der Waals surface area contributed by atoms with E-state index in [1.807, 2.05) is 53.4 Å². The summed E-state index contributed by atoms with van der Waals surface area (Å²) in [5.41, 5.74) is 2.78. The van der Waals surface area contributed by atoms with E-state index in [9.17, 15) is 9.59 Å². The molecule has 0 radical (unpaired) electrons. The molecule has 142 valence electrons. The van der Waals surface area contributed by atoms with Crippen LogP contribution >= 0.6 is 0 Å². The Bertz CT molecular complexity index is 797. The van der Waals surface area contributed by atoms with E-state index >= 15 is 0 Å². The van der Waals surface area contributed by atoms with Gasteiger partial charge in [-0.2, -0.15) is 0 Å². The Morgan fingerprint density at radius 1 is 1.04 bits per heavy atom. The molecule has 1 aliphatic heterocycles. The average molecular weight is 367 g/mol. The molecule has 0 unspecified atom stereocenters. The quantitative estimate of drug-likeness (QED) is 0.882. The van der Waals surface area contributed by atoms with Gasteiger partial charge in [0.15, 0.2) is 0 Å². The standard InChI is InChI=1S/C21H25N3O3/c1-16(25)23-10-12-24(13-11-23)19-8-6-18(7-9-19)22-21(26)15-17-4-3-5-20(14-17)27-2/h3-9,14H,10-13,15H2,1-2H3,(H,22,26). The lowest BCUT2D eigenvalue weighted by Crippen LogP contribution is -2.48. The van der Waals surface area contributed by atoms with Crippen LogP contribution < -0.4 is 15.0 Å². The summed E-state index contributed by atoms with van der Waals surface area (Å²) in [7, 11) is 1.61. The molecule has 1 heterocycles. The van der Waals surface area contributed by atoms with Crippen molar-refractivity contribution in [3.05, 3.63) is 54.1 Å². The minimum atomic E-state index is -0.0638. The van der Waals surface area contributed by atoms with Crippen LogP contribution in [0, 0.1) is 0 Å². The summed E-state index contributed by atoms with van der Waals surface area (Å²) < 4.78 is 5.19. The molecular weight excluding hydrogens is 342 g/mol. The topological polar surface area (TPSA) is 61.9 Å². The van der Waals surface area contributed by atoms with Gasteiger partial charge in [0.25, 0.3) is 0 Å². The second-order valence-electron chi connectivity index (χ2n) is 6.62. The number of anilines is 2. The molecule has 2 amide bonds. The first-order valence-electron chi connectivity index (χ1n) is 9.08. The molecule has 1 aliphatic rings. The Balaban J connectivity index is 1.54. The number of nitrogens with one attached hydrogen (secondary N) is 1. The second-order valence-corrected chi connectivity index (χ2v) is 6.62. The van der Waals surface area contributed by atoms with Crippen LogP contribution in [0.2, 0.25) is 0 Å². The van der Waals surface area contributed by atoms with Crippen molar-refractivity contribution in [1.29, 1.82) is 0 Å². The average Bonchev–Trinajstić information content (AvgIpc) is 2.68. The van der Waals surface area contributed by atoms with E-state index < -0.39 is 0 Å². The maximum atomic E-state index is 12.3. The molecule has 6 heteroatoms. The first kappa shape index (κ1) is 18.8. The van der Waals surface area contributed by atoms with Crippen molar-refractivity contribution >= 4 is 23.2 Å². The summed E-state index contributed by atoms with van der Waals surface area (Å²) in [4.78, 5) is 27.8. The number of ether oxygens (including phenoxy) is 1. The molecule has 0 aliphatic carbocycles. The normalized spacial score (nSPS) is 14.0. The van der Waals surface area contributed by atoms with Crippen LogP contribution in [-0.2, 0) is 16.0 Å². The smallest absolute Gasteiger partial charge is 0.228 e. The third-order valence-electron chi connectivity index (χ3n) is 4.74. The Labute approximate surface area is 159 Å². The number of rotatable bonds is 5. The van der Waals surface area contributed by atoms with Crippen LogP contribution in [-0.4, -0.2) is 50.0 Å². The number of benzene rings is 2. The molecule has 1 fully saturated rings. The maximum Gasteiger partial charge on any atom is 0.228 e. The Kier molecular flexibility index (Phi) is 5.96. The molecule has 6 nitrogen and oxygen atoms in total. The first-order valence-corrected chi connectivity index (χ1v) is 9.08. The van der Waals surface area contributed by atoms with E-state index in [0.29, 0.717) is 6.42 Å². The zero-order chi connectivity index (χ0) is 19.2. The molecule has 3 rings (SSSR count). The molecule has 0 spiro atoms. The third-order valence-corrected chi connectivity index (χ3v) is 4.74. The number of amides is 2. The highest BCUT2D eigenvalue weighted by Crippen LogP contribution is 2.20. The number of carbonyl (C=O) groups excluding carboxylic acids is 2. The van der Waals surface area contributed by atoms with Crippen molar-refractivity contribution in [3.8, 4) is 5.75 Å². The van der Waals surface area contributed by atoms with Gasteiger partial charge in [-0.3, -0.25) is 9.59 Å². The fourth-order valence-electron chi connectivity index (χ4n) is 3.21. The molecular formula is C21H25N3O3. The fraction of sp³-hybridized carbons (Fsp3) is 0.333. The largest absolute Gasteiger partial charge is 0.497 e. The van der Waals surface area contributed by atoms with Gasteiger partial charge in [-0.1, -0.05) is 12.1 Å². The number of nitrogens with zero attached hydrogens (tertiary/aromatic N) is 2. The monoisotopic (exact) mass is 367 g/mol. The second kappa shape index (κ2) is 8.58. The van der Waals surface area contributed by atoms with Crippen molar-refractivity contribution in [3.63, 3.8) is 0 Å². The molecule has 0 atom stereocenters. The molecule has 2 aromatic rings. The van der Waals surface area contributed by atoms with E-state index in [0.717, 1.165) is 48.9 Å². The van der Waals surface area contributed by atoms with E-state index in [1.165, 1.54) is 0 Å². The number of hydrogen-bond acceptors (Lipinski definition) is 4. The van der Waals surface area contributed by atoms with E-state index in [1.54, 1.807) is 14.0 Å². The zero-order valence-electron chi connectivity index (χ0n) is 15.8. The van der Waals surface area contributed by atoms with Gasteiger partial charge in [0.1, 0.15) is 5.75 Å². The first-order chi connectivity index (χ1) is 13.0. The van der Waals surface area contributed by atoms with E-state index in [-0.39, 0.29) is 11.8 Å². The minimum Gasteiger partial charge on any atom is -0.497 e. The molecule has 1 saturated heterocycles. The molecule has 0 bridgehead atoms. The highest BCUT2D eigenvalue weighted by atomic mass is 16.5. The van der Waals surface area contributed by atoms with Gasteiger partial charge in [-0.25, -0.2) is 0 Å². The molecule has 27 heavy (non-hydrogen) atoms. The van der Waals surface area contributed by atoms with Gasteiger partial charge in [0.2, 0.25) is 11.8 Å². The van der Waals surface area contributed by atoms with Crippen molar-refractivity contribution in [2.45, 2.75) is 13.3 Å². The highest BCUT2D eigenvalue weighted by Gasteiger charge is 2.18. The summed E-state index contributed by atoms with van der Waals surface area (Å²) in [6, 6.07) is 15.3. The van der Waals surface area contributed by atoms with Gasteiger partial charge in [-0.15, -0.1) is 0 Å². The van der Waals surface area contributed by atoms with E-state index in [4.69, 9.17) is 4.74 Å². The van der Waals surface area contributed by atoms with Crippen molar-refractivity contribution in [2.24, 2.45) is 0 Å². The molecule has 1 N–H and O–H groups in total. The SMILES string of the molecule is COc1cccc(CC(=O)Nc2ccc(N3CCN(C(C)=O)CC3)cc2)c1. The maximum absolute atomic E-state index is 12.3. The highest BCUT2D eigenvalue weighted by molar-refractivity contribution is 5.92. The minimum absolute atomic E-state index is 0.0638. The van der Waals surface area contributed by atoms with Crippen LogP contribution in [0.3, 0.4) is 0 Å².